The van der Waals surface area contributed by atoms with Crippen molar-refractivity contribution < 1.29 is 14.4 Å². The van der Waals surface area contributed by atoms with Gasteiger partial charge in [0.25, 0.3) is 0 Å². The highest BCUT2D eigenvalue weighted by atomic mass is 16.7. The van der Waals surface area contributed by atoms with E-state index in [2.05, 4.69) is 20.4 Å². The molecule has 0 saturated carbocycles. The van der Waals surface area contributed by atoms with Crippen LogP contribution < -0.4 is 15.8 Å². The van der Waals surface area contributed by atoms with Crippen LogP contribution in [0.15, 0.2) is 60.9 Å². The summed E-state index contributed by atoms with van der Waals surface area (Å²) in [5.74, 6) is 0.491. The van der Waals surface area contributed by atoms with E-state index in [-0.39, 0.29) is 12.0 Å². The number of benzene rings is 1. The first kappa shape index (κ1) is 19.8. The summed E-state index contributed by atoms with van der Waals surface area (Å²) in [6.45, 7) is 0.462. The molecule has 1 unspecified atom stereocenters. The maximum Gasteiger partial charge on any atom is 0.346 e. The van der Waals surface area contributed by atoms with Gasteiger partial charge in [0.2, 0.25) is 11.8 Å². The van der Waals surface area contributed by atoms with Gasteiger partial charge in [0.15, 0.2) is 5.65 Å². The Labute approximate surface area is 183 Å². The SMILES string of the molecule is COc1ncc(-c2ccc3nc(N)nn3c2)cc1NC(=O)N1OCCC1c1ccccc1. The summed E-state index contributed by atoms with van der Waals surface area (Å²) in [5.41, 5.74) is 9.34. The number of pyridine rings is 2. The molecule has 4 aromatic rings. The fraction of sp³-hybridized carbons (Fsp3) is 0.182. The van der Waals surface area contributed by atoms with Gasteiger partial charge in [-0.3, -0.25) is 4.84 Å². The van der Waals surface area contributed by atoms with Gasteiger partial charge in [-0.05, 0) is 23.8 Å². The van der Waals surface area contributed by atoms with Gasteiger partial charge in [-0.15, -0.1) is 5.10 Å². The van der Waals surface area contributed by atoms with Crippen LogP contribution in [0.5, 0.6) is 5.88 Å². The molecule has 1 atom stereocenters. The number of amides is 2. The quantitative estimate of drug-likeness (QED) is 0.509. The Kier molecular flexibility index (Phi) is 5.04. The molecule has 0 radical (unpaired) electrons. The van der Waals surface area contributed by atoms with Gasteiger partial charge in [0, 0.05) is 29.9 Å². The highest BCUT2D eigenvalue weighted by Crippen LogP contribution is 2.33. The van der Waals surface area contributed by atoms with Crippen LogP contribution in [-0.4, -0.2) is 44.4 Å². The molecule has 3 aromatic heterocycles. The number of urea groups is 1. The molecule has 1 aliphatic rings. The molecular weight excluding hydrogens is 410 g/mol. The zero-order valence-corrected chi connectivity index (χ0v) is 17.3. The zero-order chi connectivity index (χ0) is 22.1. The summed E-state index contributed by atoms with van der Waals surface area (Å²) in [4.78, 5) is 27.2. The van der Waals surface area contributed by atoms with Crippen LogP contribution in [0.25, 0.3) is 16.8 Å². The number of nitrogens with one attached hydrogen (secondary N) is 1. The number of carbonyl (C=O) groups is 1. The molecule has 1 aromatic carbocycles. The number of nitrogens with zero attached hydrogens (tertiary/aromatic N) is 5. The van der Waals surface area contributed by atoms with Crippen LogP contribution in [0.2, 0.25) is 0 Å². The molecule has 10 nitrogen and oxygen atoms in total. The molecule has 10 heteroatoms. The molecule has 2 amide bonds. The zero-order valence-electron chi connectivity index (χ0n) is 17.3. The molecular formula is C22H21N7O3. The van der Waals surface area contributed by atoms with E-state index in [1.165, 1.54) is 12.2 Å². The van der Waals surface area contributed by atoms with Crippen molar-refractivity contribution in [3.63, 3.8) is 0 Å². The topological polar surface area (TPSA) is 120 Å². The molecule has 3 N–H and O–H groups in total. The van der Waals surface area contributed by atoms with Crippen molar-refractivity contribution in [1.29, 1.82) is 0 Å². The smallest absolute Gasteiger partial charge is 0.346 e. The molecule has 0 spiro atoms. The van der Waals surface area contributed by atoms with Gasteiger partial charge < -0.3 is 15.8 Å². The van der Waals surface area contributed by atoms with Crippen LogP contribution in [0.4, 0.5) is 16.4 Å². The average molecular weight is 431 g/mol. The second-order valence-corrected chi connectivity index (χ2v) is 7.28. The number of hydrogen-bond acceptors (Lipinski definition) is 7. The van der Waals surface area contributed by atoms with Crippen molar-refractivity contribution in [3.8, 4) is 17.0 Å². The summed E-state index contributed by atoms with van der Waals surface area (Å²) in [5, 5.41) is 8.38. The van der Waals surface area contributed by atoms with Gasteiger partial charge in [-0.1, -0.05) is 30.3 Å². The standard InChI is InChI=1S/C22H21N7O3/c1-31-20-17(25-22(30)29-18(9-10-32-29)14-5-3-2-4-6-14)11-16(12-24-20)15-7-8-19-26-21(23)27-28(19)13-15/h2-8,11-13,18H,9-10H2,1H3,(H2,23,27)(H,25,30). The van der Waals surface area contributed by atoms with E-state index in [1.807, 2.05) is 42.5 Å². The third-order valence-electron chi connectivity index (χ3n) is 5.26. The van der Waals surface area contributed by atoms with E-state index in [0.717, 1.165) is 16.7 Å². The van der Waals surface area contributed by atoms with E-state index < -0.39 is 6.03 Å². The van der Waals surface area contributed by atoms with E-state index >= 15 is 0 Å². The molecule has 1 aliphatic heterocycles. The fourth-order valence-corrected chi connectivity index (χ4v) is 3.75. The maximum atomic E-state index is 13.1. The van der Waals surface area contributed by atoms with Crippen molar-refractivity contribution in [2.24, 2.45) is 0 Å². The molecule has 1 fully saturated rings. The van der Waals surface area contributed by atoms with Gasteiger partial charge >= 0.3 is 6.03 Å². The van der Waals surface area contributed by atoms with E-state index in [1.54, 1.807) is 23.0 Å². The van der Waals surface area contributed by atoms with Crippen molar-refractivity contribution in [1.82, 2.24) is 24.6 Å². The number of methoxy groups -OCH3 is 1. The second-order valence-electron chi connectivity index (χ2n) is 7.28. The van der Waals surface area contributed by atoms with Crippen LogP contribution in [0.3, 0.4) is 0 Å². The molecule has 0 bridgehead atoms. The molecule has 1 saturated heterocycles. The summed E-state index contributed by atoms with van der Waals surface area (Å²) in [7, 11) is 1.50. The van der Waals surface area contributed by atoms with Crippen molar-refractivity contribution in [3.05, 3.63) is 66.5 Å². The minimum absolute atomic E-state index is 0.168. The first-order valence-corrected chi connectivity index (χ1v) is 10.1. The number of ether oxygens (including phenoxy) is 1. The van der Waals surface area contributed by atoms with Crippen molar-refractivity contribution in [2.45, 2.75) is 12.5 Å². The fourth-order valence-electron chi connectivity index (χ4n) is 3.75. The van der Waals surface area contributed by atoms with Crippen molar-refractivity contribution >= 4 is 23.3 Å². The Bertz CT molecular complexity index is 1280. The summed E-state index contributed by atoms with van der Waals surface area (Å²) >= 11 is 0. The minimum atomic E-state index is -0.395. The molecule has 0 aliphatic carbocycles. The lowest BCUT2D eigenvalue weighted by molar-refractivity contribution is -0.0830. The number of nitrogen functional groups attached to an aromatic ring is 1. The number of hydroxylamine groups is 2. The normalized spacial score (nSPS) is 15.8. The number of aromatic nitrogens is 4. The third kappa shape index (κ3) is 3.67. The van der Waals surface area contributed by atoms with Crippen LogP contribution in [0, 0.1) is 0 Å². The largest absolute Gasteiger partial charge is 0.480 e. The second kappa shape index (κ2) is 8.16. The molecule has 32 heavy (non-hydrogen) atoms. The van der Waals surface area contributed by atoms with Gasteiger partial charge in [0.05, 0.1) is 19.8 Å². The Morgan fingerprint density at radius 3 is 2.88 bits per heavy atom. The lowest BCUT2D eigenvalue weighted by atomic mass is 10.1. The lowest BCUT2D eigenvalue weighted by Gasteiger charge is -2.23. The summed E-state index contributed by atoms with van der Waals surface area (Å²) in [6, 6.07) is 14.7. The Morgan fingerprint density at radius 2 is 2.06 bits per heavy atom. The monoisotopic (exact) mass is 431 g/mol. The minimum Gasteiger partial charge on any atom is -0.480 e. The first-order chi connectivity index (χ1) is 15.6. The highest BCUT2D eigenvalue weighted by Gasteiger charge is 2.32. The first-order valence-electron chi connectivity index (χ1n) is 10.1. The van der Waals surface area contributed by atoms with Crippen LogP contribution in [-0.2, 0) is 4.84 Å². The summed E-state index contributed by atoms with van der Waals surface area (Å²) in [6.07, 6.45) is 4.17. The molecule has 4 heterocycles. The predicted octanol–water partition coefficient (Wildman–Crippen LogP) is 3.29. The molecule has 162 valence electrons. The predicted molar refractivity (Wildman–Crippen MR) is 118 cm³/mol. The summed E-state index contributed by atoms with van der Waals surface area (Å²) < 4.78 is 6.95. The Hall–Kier alpha value is -4.18. The number of hydrogen-bond donors (Lipinski definition) is 2. The van der Waals surface area contributed by atoms with Crippen molar-refractivity contribution in [2.75, 3.05) is 24.8 Å². The van der Waals surface area contributed by atoms with Gasteiger partial charge in [-0.2, -0.15) is 10.0 Å². The number of rotatable bonds is 4. The van der Waals surface area contributed by atoms with Gasteiger partial charge in [-0.25, -0.2) is 14.3 Å². The Morgan fingerprint density at radius 1 is 1.22 bits per heavy atom. The van der Waals surface area contributed by atoms with E-state index in [0.29, 0.717) is 30.2 Å². The number of nitrogens with two attached hydrogens (primary N) is 1. The number of carbonyl (C=O) groups excluding carboxylic acids is 1. The van der Waals surface area contributed by atoms with E-state index in [9.17, 15) is 4.79 Å². The van der Waals surface area contributed by atoms with Gasteiger partial charge in [0.1, 0.15) is 5.69 Å². The highest BCUT2D eigenvalue weighted by molar-refractivity contribution is 5.91. The lowest BCUT2D eigenvalue weighted by Crippen LogP contribution is -2.33. The van der Waals surface area contributed by atoms with Crippen LogP contribution >= 0.6 is 0 Å². The molecule has 5 rings (SSSR count). The van der Waals surface area contributed by atoms with Crippen LogP contribution in [0.1, 0.15) is 18.0 Å². The average Bonchev–Trinajstić information content (AvgIpc) is 3.45. The number of fused-ring (bicyclic) bond motifs is 1. The number of anilines is 2. The third-order valence-corrected chi connectivity index (χ3v) is 5.26. The Balaban J connectivity index is 1.43. The van der Waals surface area contributed by atoms with E-state index in [4.69, 9.17) is 15.3 Å². The maximum absolute atomic E-state index is 13.1.